The Morgan fingerprint density at radius 3 is 2.32 bits per heavy atom. The highest BCUT2D eigenvalue weighted by molar-refractivity contribution is 6.35. The highest BCUT2D eigenvalue weighted by Gasteiger charge is 2.33. The Bertz CT molecular complexity index is 1240. The first-order chi connectivity index (χ1) is 17.4. The van der Waals surface area contributed by atoms with Crippen LogP contribution in [-0.2, 0) is 22.6 Å². The molecule has 196 valence electrons. The van der Waals surface area contributed by atoms with Gasteiger partial charge in [-0.25, -0.2) is 0 Å². The van der Waals surface area contributed by atoms with E-state index in [9.17, 15) is 9.59 Å². The summed E-state index contributed by atoms with van der Waals surface area (Å²) in [6, 6.07) is 19.7. The summed E-state index contributed by atoms with van der Waals surface area (Å²) in [7, 11) is 0. The molecule has 0 bridgehead atoms. The zero-order valence-electron chi connectivity index (χ0n) is 22.0. The maximum absolute atomic E-state index is 13.7. The third-order valence-electron chi connectivity index (χ3n) is 6.03. The van der Waals surface area contributed by atoms with Crippen LogP contribution < -0.4 is 10.1 Å². The van der Waals surface area contributed by atoms with E-state index in [4.69, 9.17) is 27.9 Å². The summed E-state index contributed by atoms with van der Waals surface area (Å²) in [6.07, 6.45) is 0.336. The molecule has 3 rings (SSSR count). The smallest absolute Gasteiger partial charge is 0.261 e. The van der Waals surface area contributed by atoms with E-state index in [2.05, 4.69) is 5.32 Å². The van der Waals surface area contributed by atoms with E-state index < -0.39 is 11.6 Å². The quantitative estimate of drug-likeness (QED) is 0.335. The summed E-state index contributed by atoms with van der Waals surface area (Å²) in [5.41, 5.74) is 3.18. The van der Waals surface area contributed by atoms with Crippen LogP contribution in [0.25, 0.3) is 0 Å². The van der Waals surface area contributed by atoms with Crippen molar-refractivity contribution in [3.05, 3.63) is 99.0 Å². The number of nitrogens with one attached hydrogen (secondary N) is 1. The molecular weight excluding hydrogens is 507 g/mol. The number of carbonyl (C=O) groups excluding carboxylic acids is 2. The minimum atomic E-state index is -0.789. The predicted octanol–water partition coefficient (Wildman–Crippen LogP) is 6.54. The number of carbonyl (C=O) groups is 2. The fraction of sp³-hybridized carbons (Fsp3) is 0.333. The summed E-state index contributed by atoms with van der Waals surface area (Å²) in [5.74, 6) is 0.0648. The average molecular weight is 542 g/mol. The van der Waals surface area contributed by atoms with E-state index in [1.165, 1.54) is 0 Å². The van der Waals surface area contributed by atoms with Gasteiger partial charge in [-0.1, -0.05) is 71.7 Å². The minimum absolute atomic E-state index is 0.125. The maximum Gasteiger partial charge on any atom is 0.261 e. The fourth-order valence-electron chi connectivity index (χ4n) is 3.94. The molecule has 0 aliphatic carbocycles. The number of ether oxygens (including phenoxy) is 1. The Labute approximate surface area is 229 Å². The molecular formula is C30H34Cl2N2O3. The Morgan fingerprint density at radius 2 is 1.68 bits per heavy atom. The number of halogens is 2. The molecule has 0 spiro atoms. The van der Waals surface area contributed by atoms with Gasteiger partial charge in [-0.05, 0) is 75.1 Å². The molecule has 5 nitrogen and oxygen atoms in total. The van der Waals surface area contributed by atoms with Gasteiger partial charge in [-0.3, -0.25) is 9.59 Å². The number of hydrogen-bond acceptors (Lipinski definition) is 3. The van der Waals surface area contributed by atoms with Crippen LogP contribution in [0.2, 0.25) is 10.0 Å². The van der Waals surface area contributed by atoms with E-state index >= 15 is 0 Å². The lowest BCUT2D eigenvalue weighted by Gasteiger charge is -2.34. The lowest BCUT2D eigenvalue weighted by atomic mass is 10.0. The summed E-state index contributed by atoms with van der Waals surface area (Å²) in [4.78, 5) is 28.9. The van der Waals surface area contributed by atoms with Crippen LogP contribution in [0, 0.1) is 13.8 Å². The lowest BCUT2D eigenvalue weighted by Crippen LogP contribution is -2.55. The molecule has 0 aliphatic rings. The standard InChI is InChI=1S/C30H34Cl2N2O3/c1-20-10-9-13-27(21(20)2)37-19-28(35)34(18-23-14-15-24(31)17-25(23)32)26(29(36)33-30(3,4)5)16-22-11-7-6-8-12-22/h6-15,17,26H,16,18-19H2,1-5H3,(H,33,36)/t26-/m1/s1. The van der Waals surface area contributed by atoms with Gasteiger partial charge in [0.05, 0.1) is 0 Å². The number of rotatable bonds is 9. The van der Waals surface area contributed by atoms with Gasteiger partial charge in [0.2, 0.25) is 5.91 Å². The second-order valence-electron chi connectivity index (χ2n) is 10.2. The average Bonchev–Trinajstić information content (AvgIpc) is 2.83. The van der Waals surface area contributed by atoms with Crippen LogP contribution in [0.3, 0.4) is 0 Å². The second-order valence-corrected chi connectivity index (χ2v) is 11.0. The molecule has 7 heteroatoms. The van der Waals surface area contributed by atoms with Gasteiger partial charge >= 0.3 is 0 Å². The van der Waals surface area contributed by atoms with Gasteiger partial charge in [0.25, 0.3) is 5.91 Å². The SMILES string of the molecule is Cc1cccc(OCC(=O)N(Cc2ccc(Cl)cc2Cl)[C@H](Cc2ccccc2)C(=O)NC(C)(C)C)c1C. The van der Waals surface area contributed by atoms with Crippen molar-refractivity contribution in [1.29, 1.82) is 0 Å². The molecule has 3 aromatic carbocycles. The first kappa shape index (κ1) is 28.5. The van der Waals surface area contributed by atoms with Crippen LogP contribution >= 0.6 is 23.2 Å². The van der Waals surface area contributed by atoms with Gasteiger partial charge in [0.1, 0.15) is 11.8 Å². The van der Waals surface area contributed by atoms with Gasteiger partial charge in [0, 0.05) is 28.5 Å². The molecule has 0 heterocycles. The molecule has 0 saturated heterocycles. The van der Waals surface area contributed by atoms with Crippen molar-refractivity contribution >= 4 is 35.0 Å². The summed E-state index contributed by atoms with van der Waals surface area (Å²) >= 11 is 12.6. The molecule has 1 N–H and O–H groups in total. The first-order valence-corrected chi connectivity index (χ1v) is 13.0. The van der Waals surface area contributed by atoms with Gasteiger partial charge in [0.15, 0.2) is 6.61 Å². The van der Waals surface area contributed by atoms with Crippen molar-refractivity contribution in [2.24, 2.45) is 0 Å². The Kier molecular flexibility index (Phi) is 9.63. The number of nitrogens with zero attached hydrogens (tertiary/aromatic N) is 1. The highest BCUT2D eigenvalue weighted by atomic mass is 35.5. The molecule has 0 aliphatic heterocycles. The van der Waals surface area contributed by atoms with Crippen molar-refractivity contribution in [3.63, 3.8) is 0 Å². The van der Waals surface area contributed by atoms with Crippen molar-refractivity contribution in [2.75, 3.05) is 6.61 Å². The number of amides is 2. The second kappa shape index (κ2) is 12.5. The van der Waals surface area contributed by atoms with E-state index in [-0.39, 0.29) is 25.0 Å². The molecule has 0 aromatic heterocycles. The van der Waals surface area contributed by atoms with Crippen molar-refractivity contribution < 1.29 is 14.3 Å². The zero-order valence-corrected chi connectivity index (χ0v) is 23.5. The molecule has 0 saturated carbocycles. The van der Waals surface area contributed by atoms with Gasteiger partial charge < -0.3 is 15.0 Å². The van der Waals surface area contributed by atoms with E-state index in [1.54, 1.807) is 23.1 Å². The zero-order chi connectivity index (χ0) is 27.2. The third kappa shape index (κ3) is 8.24. The first-order valence-electron chi connectivity index (χ1n) is 12.2. The summed E-state index contributed by atoms with van der Waals surface area (Å²) in [5, 5.41) is 3.97. The van der Waals surface area contributed by atoms with Crippen molar-refractivity contribution in [2.45, 2.75) is 59.2 Å². The Balaban J connectivity index is 1.98. The molecule has 1 atom stereocenters. The predicted molar refractivity (Wildman–Crippen MR) is 150 cm³/mol. The topological polar surface area (TPSA) is 58.6 Å². The molecule has 37 heavy (non-hydrogen) atoms. The van der Waals surface area contributed by atoms with Gasteiger partial charge in [-0.2, -0.15) is 0 Å². The summed E-state index contributed by atoms with van der Waals surface area (Å²) < 4.78 is 5.95. The lowest BCUT2D eigenvalue weighted by molar-refractivity contribution is -0.143. The molecule has 3 aromatic rings. The monoisotopic (exact) mass is 540 g/mol. The number of benzene rings is 3. The largest absolute Gasteiger partial charge is 0.483 e. The fourth-order valence-corrected chi connectivity index (χ4v) is 4.41. The van der Waals surface area contributed by atoms with Crippen LogP contribution in [0.15, 0.2) is 66.7 Å². The molecule has 0 radical (unpaired) electrons. The molecule has 0 unspecified atom stereocenters. The minimum Gasteiger partial charge on any atom is -0.483 e. The molecule has 2 amide bonds. The maximum atomic E-state index is 13.7. The van der Waals surface area contributed by atoms with Crippen molar-refractivity contribution in [1.82, 2.24) is 10.2 Å². The van der Waals surface area contributed by atoms with Crippen LogP contribution in [-0.4, -0.2) is 34.9 Å². The van der Waals surface area contributed by atoms with Crippen LogP contribution in [0.4, 0.5) is 0 Å². The Morgan fingerprint density at radius 1 is 0.973 bits per heavy atom. The van der Waals surface area contributed by atoms with E-state index in [1.807, 2.05) is 83.1 Å². The number of hydrogen-bond donors (Lipinski definition) is 1. The number of aryl methyl sites for hydroxylation is 1. The summed E-state index contributed by atoms with van der Waals surface area (Å²) in [6.45, 7) is 9.59. The highest BCUT2D eigenvalue weighted by Crippen LogP contribution is 2.25. The van der Waals surface area contributed by atoms with Crippen molar-refractivity contribution in [3.8, 4) is 5.75 Å². The van der Waals surface area contributed by atoms with E-state index in [0.717, 1.165) is 16.7 Å². The molecule has 0 fully saturated rings. The van der Waals surface area contributed by atoms with Crippen LogP contribution in [0.5, 0.6) is 5.75 Å². The Hall–Kier alpha value is -3.02. The third-order valence-corrected chi connectivity index (χ3v) is 6.62. The normalized spacial score (nSPS) is 12.1. The van der Waals surface area contributed by atoms with E-state index in [0.29, 0.717) is 27.8 Å². The van der Waals surface area contributed by atoms with Gasteiger partial charge in [-0.15, -0.1) is 0 Å². The van der Waals surface area contributed by atoms with Crippen LogP contribution in [0.1, 0.15) is 43.0 Å².